The summed E-state index contributed by atoms with van der Waals surface area (Å²) >= 11 is 5.86. The average Bonchev–Trinajstić information content (AvgIpc) is 3.20. The topological polar surface area (TPSA) is 55.9 Å². The number of likely N-dealkylation sites (tertiary alicyclic amines) is 1. The molecule has 0 aliphatic carbocycles. The van der Waals surface area contributed by atoms with Crippen LogP contribution in [0.4, 0.5) is 15.3 Å². The summed E-state index contributed by atoms with van der Waals surface area (Å²) in [4.78, 5) is 30.8. The molecule has 4 amide bonds. The van der Waals surface area contributed by atoms with Crippen molar-refractivity contribution in [3.05, 3.63) is 29.3 Å². The van der Waals surface area contributed by atoms with Gasteiger partial charge in [0, 0.05) is 42.9 Å². The molecule has 0 bridgehead atoms. The van der Waals surface area contributed by atoms with Gasteiger partial charge in [-0.25, -0.2) is 9.59 Å². The third kappa shape index (κ3) is 3.27. The maximum atomic E-state index is 12.5. The highest BCUT2D eigenvalue weighted by atomic mass is 35.5. The number of hydrogen-bond donors (Lipinski definition) is 1. The van der Waals surface area contributed by atoms with Crippen LogP contribution in [0, 0.1) is 0 Å². The molecule has 134 valence electrons. The normalized spacial score (nSPS) is 24.0. The van der Waals surface area contributed by atoms with E-state index in [1.165, 1.54) is 0 Å². The lowest BCUT2D eigenvalue weighted by atomic mass is 10.0. The molecule has 1 aromatic carbocycles. The van der Waals surface area contributed by atoms with Gasteiger partial charge in [0.05, 0.1) is 6.04 Å². The minimum absolute atomic E-state index is 0.0888. The monoisotopic (exact) mass is 362 g/mol. The largest absolute Gasteiger partial charge is 0.324 e. The molecule has 3 saturated heterocycles. The van der Waals surface area contributed by atoms with Crippen LogP contribution in [0.5, 0.6) is 0 Å². The lowest BCUT2D eigenvalue weighted by Crippen LogP contribution is -2.49. The zero-order valence-electron chi connectivity index (χ0n) is 14.2. The minimum atomic E-state index is -0.0888. The summed E-state index contributed by atoms with van der Waals surface area (Å²) in [5, 5.41) is 3.55. The first-order chi connectivity index (χ1) is 12.1. The Balaban J connectivity index is 1.30. The molecule has 0 spiro atoms. The second-order valence-corrected chi connectivity index (χ2v) is 7.52. The third-order valence-corrected chi connectivity index (χ3v) is 5.82. The standard InChI is InChI=1S/C18H23ClN4O2/c19-13-3-5-14(6-4-13)20-17(24)21-10-7-15(8-11-21)23-12-16-2-1-9-22(16)18(23)25/h3-6,15-16H,1-2,7-12H2,(H,20,24). The van der Waals surface area contributed by atoms with Crippen molar-refractivity contribution in [1.29, 1.82) is 0 Å². The van der Waals surface area contributed by atoms with Gasteiger partial charge < -0.3 is 20.0 Å². The van der Waals surface area contributed by atoms with Crippen LogP contribution in [0.15, 0.2) is 24.3 Å². The first-order valence-corrected chi connectivity index (χ1v) is 9.38. The molecular weight excluding hydrogens is 340 g/mol. The van der Waals surface area contributed by atoms with Crippen LogP contribution in [0.3, 0.4) is 0 Å². The van der Waals surface area contributed by atoms with Crippen LogP contribution >= 0.6 is 11.6 Å². The number of carbonyl (C=O) groups is 2. The number of nitrogens with zero attached hydrogens (tertiary/aromatic N) is 3. The molecule has 25 heavy (non-hydrogen) atoms. The predicted molar refractivity (Wildman–Crippen MR) is 96.9 cm³/mol. The molecule has 3 aliphatic heterocycles. The fraction of sp³-hybridized carbons (Fsp3) is 0.556. The van der Waals surface area contributed by atoms with Crippen LogP contribution in [0.25, 0.3) is 0 Å². The van der Waals surface area contributed by atoms with E-state index in [1.807, 2.05) is 14.7 Å². The number of rotatable bonds is 2. The molecular formula is C18H23ClN4O2. The molecule has 0 saturated carbocycles. The number of carbonyl (C=O) groups excluding carboxylic acids is 2. The second-order valence-electron chi connectivity index (χ2n) is 7.08. The van der Waals surface area contributed by atoms with Crippen molar-refractivity contribution in [3.63, 3.8) is 0 Å². The van der Waals surface area contributed by atoms with E-state index in [0.717, 1.165) is 44.5 Å². The maximum Gasteiger partial charge on any atom is 0.321 e. The van der Waals surface area contributed by atoms with Crippen molar-refractivity contribution < 1.29 is 9.59 Å². The molecule has 1 atom stereocenters. The zero-order valence-corrected chi connectivity index (χ0v) is 14.9. The van der Waals surface area contributed by atoms with Gasteiger partial charge in [0.25, 0.3) is 0 Å². The van der Waals surface area contributed by atoms with Gasteiger partial charge in [-0.1, -0.05) is 11.6 Å². The first kappa shape index (κ1) is 16.5. The average molecular weight is 363 g/mol. The summed E-state index contributed by atoms with van der Waals surface area (Å²) in [7, 11) is 0. The number of hydrogen-bond acceptors (Lipinski definition) is 2. The van der Waals surface area contributed by atoms with Crippen molar-refractivity contribution in [1.82, 2.24) is 14.7 Å². The molecule has 4 rings (SSSR count). The minimum Gasteiger partial charge on any atom is -0.324 e. The molecule has 6 nitrogen and oxygen atoms in total. The van der Waals surface area contributed by atoms with Gasteiger partial charge in [-0.2, -0.15) is 0 Å². The van der Waals surface area contributed by atoms with Crippen LogP contribution in [0.1, 0.15) is 25.7 Å². The van der Waals surface area contributed by atoms with Crippen LogP contribution in [-0.4, -0.2) is 65.0 Å². The van der Waals surface area contributed by atoms with Crippen molar-refractivity contribution >= 4 is 29.4 Å². The van der Waals surface area contributed by atoms with E-state index >= 15 is 0 Å². The second kappa shape index (κ2) is 6.75. The highest BCUT2D eigenvalue weighted by molar-refractivity contribution is 6.30. The molecule has 3 fully saturated rings. The molecule has 1 aromatic rings. The van der Waals surface area contributed by atoms with Gasteiger partial charge in [0.1, 0.15) is 0 Å². The Kier molecular flexibility index (Phi) is 4.46. The molecule has 7 heteroatoms. The Labute approximate surface area is 152 Å². The Bertz CT molecular complexity index is 658. The number of fused-ring (bicyclic) bond motifs is 1. The van der Waals surface area contributed by atoms with Crippen molar-refractivity contribution in [2.45, 2.75) is 37.8 Å². The van der Waals surface area contributed by atoms with E-state index in [1.54, 1.807) is 24.3 Å². The summed E-state index contributed by atoms with van der Waals surface area (Å²) in [6, 6.07) is 7.90. The van der Waals surface area contributed by atoms with Crippen molar-refractivity contribution in [3.8, 4) is 0 Å². The number of amides is 4. The smallest absolute Gasteiger partial charge is 0.321 e. The van der Waals surface area contributed by atoms with E-state index in [2.05, 4.69) is 5.32 Å². The lowest BCUT2D eigenvalue weighted by molar-refractivity contribution is 0.139. The molecule has 1 N–H and O–H groups in total. The summed E-state index contributed by atoms with van der Waals surface area (Å²) in [5.41, 5.74) is 0.742. The van der Waals surface area contributed by atoms with Crippen LogP contribution in [-0.2, 0) is 0 Å². The van der Waals surface area contributed by atoms with E-state index in [9.17, 15) is 9.59 Å². The van der Waals surface area contributed by atoms with Crippen LogP contribution in [0.2, 0.25) is 5.02 Å². The summed E-state index contributed by atoms with van der Waals surface area (Å²) < 4.78 is 0. The summed E-state index contributed by atoms with van der Waals surface area (Å²) in [5.74, 6) is 0. The SMILES string of the molecule is O=C(Nc1ccc(Cl)cc1)N1CCC(N2CC3CCCN3C2=O)CC1. The highest BCUT2D eigenvalue weighted by Gasteiger charge is 2.43. The lowest BCUT2D eigenvalue weighted by Gasteiger charge is -2.36. The molecule has 1 unspecified atom stereocenters. The number of urea groups is 2. The molecule has 0 radical (unpaired) electrons. The Hall–Kier alpha value is -1.95. The quantitative estimate of drug-likeness (QED) is 0.878. The molecule has 0 aromatic heterocycles. The third-order valence-electron chi connectivity index (χ3n) is 5.56. The van der Waals surface area contributed by atoms with E-state index in [4.69, 9.17) is 11.6 Å². The number of nitrogens with one attached hydrogen (secondary N) is 1. The van der Waals surface area contributed by atoms with E-state index < -0.39 is 0 Å². The van der Waals surface area contributed by atoms with Gasteiger partial charge >= 0.3 is 12.1 Å². The van der Waals surface area contributed by atoms with Gasteiger partial charge in [-0.15, -0.1) is 0 Å². The van der Waals surface area contributed by atoms with Gasteiger partial charge in [-0.3, -0.25) is 0 Å². The van der Waals surface area contributed by atoms with Gasteiger partial charge in [0.15, 0.2) is 0 Å². The van der Waals surface area contributed by atoms with E-state index in [-0.39, 0.29) is 18.1 Å². The highest BCUT2D eigenvalue weighted by Crippen LogP contribution is 2.30. The summed E-state index contributed by atoms with van der Waals surface area (Å²) in [6.07, 6.45) is 3.96. The molecule has 3 heterocycles. The zero-order chi connectivity index (χ0) is 17.4. The predicted octanol–water partition coefficient (Wildman–Crippen LogP) is 3.24. The maximum absolute atomic E-state index is 12.5. The van der Waals surface area contributed by atoms with Crippen LogP contribution < -0.4 is 5.32 Å². The summed E-state index contributed by atoms with van der Waals surface area (Å²) in [6.45, 7) is 3.12. The molecule has 3 aliphatic rings. The number of benzene rings is 1. The Morgan fingerprint density at radius 2 is 1.72 bits per heavy atom. The number of piperidine rings is 1. The van der Waals surface area contributed by atoms with E-state index in [0.29, 0.717) is 24.2 Å². The fourth-order valence-corrected chi connectivity index (χ4v) is 4.30. The van der Waals surface area contributed by atoms with Gasteiger partial charge in [-0.05, 0) is 49.9 Å². The number of halogens is 1. The Morgan fingerprint density at radius 3 is 2.40 bits per heavy atom. The van der Waals surface area contributed by atoms with Crippen molar-refractivity contribution in [2.24, 2.45) is 0 Å². The Morgan fingerprint density at radius 1 is 1.00 bits per heavy atom. The van der Waals surface area contributed by atoms with Crippen molar-refractivity contribution in [2.75, 3.05) is 31.5 Å². The number of anilines is 1. The van der Waals surface area contributed by atoms with Gasteiger partial charge in [0.2, 0.25) is 0 Å². The first-order valence-electron chi connectivity index (χ1n) is 9.00. The fourth-order valence-electron chi connectivity index (χ4n) is 4.17.